The molecule has 30 heavy (non-hydrogen) atoms. The van der Waals surface area contributed by atoms with Crippen molar-refractivity contribution in [1.29, 1.82) is 0 Å². The Morgan fingerprint density at radius 3 is 2.20 bits per heavy atom. The average molecular weight is 409 g/mol. The van der Waals surface area contributed by atoms with Crippen LogP contribution in [0.5, 0.6) is 0 Å². The summed E-state index contributed by atoms with van der Waals surface area (Å²) in [4.78, 5) is 0. The summed E-state index contributed by atoms with van der Waals surface area (Å²) in [7, 11) is 0. The van der Waals surface area contributed by atoms with Crippen molar-refractivity contribution >= 4 is 0 Å². The van der Waals surface area contributed by atoms with Crippen molar-refractivity contribution in [3.05, 3.63) is 23.3 Å². The van der Waals surface area contributed by atoms with Gasteiger partial charge < -0.3 is 0 Å². The summed E-state index contributed by atoms with van der Waals surface area (Å²) >= 11 is 0. The normalized spacial score (nSPS) is 54.8. The second-order valence-corrected chi connectivity index (χ2v) is 13.9. The molecule has 0 aromatic heterocycles. The Balaban J connectivity index is 1.55. The minimum absolute atomic E-state index is 0.528. The summed E-state index contributed by atoms with van der Waals surface area (Å²) in [5, 5.41) is 0. The van der Waals surface area contributed by atoms with E-state index in [9.17, 15) is 0 Å². The molecule has 0 nitrogen and oxygen atoms in total. The summed E-state index contributed by atoms with van der Waals surface area (Å²) in [5.41, 5.74) is 7.16. The maximum atomic E-state index is 4.49. The first-order valence-corrected chi connectivity index (χ1v) is 13.3. The number of rotatable bonds is 1. The van der Waals surface area contributed by atoms with E-state index in [2.05, 4.69) is 55.0 Å². The van der Waals surface area contributed by atoms with Crippen LogP contribution in [0.25, 0.3) is 0 Å². The van der Waals surface area contributed by atoms with Gasteiger partial charge in [0.15, 0.2) is 0 Å². The fourth-order valence-corrected chi connectivity index (χ4v) is 11.0. The molecule has 5 aliphatic carbocycles. The highest BCUT2D eigenvalue weighted by molar-refractivity contribution is 5.28. The van der Waals surface area contributed by atoms with Gasteiger partial charge in [0.25, 0.3) is 0 Å². The van der Waals surface area contributed by atoms with Crippen molar-refractivity contribution in [3.8, 4) is 0 Å². The lowest BCUT2D eigenvalue weighted by Gasteiger charge is -2.70. The molecule has 0 spiro atoms. The van der Waals surface area contributed by atoms with Gasteiger partial charge in [-0.1, -0.05) is 51.0 Å². The summed E-state index contributed by atoms with van der Waals surface area (Å²) in [6.45, 7) is 22.5. The van der Waals surface area contributed by atoms with Gasteiger partial charge in [-0.15, -0.1) is 0 Å². The van der Waals surface area contributed by atoms with Crippen LogP contribution in [0.4, 0.5) is 0 Å². The Morgan fingerprint density at radius 2 is 1.53 bits per heavy atom. The molecule has 5 rings (SSSR count). The summed E-state index contributed by atoms with van der Waals surface area (Å²) in [5.74, 6) is 4.41. The molecule has 0 amide bonds. The van der Waals surface area contributed by atoms with Gasteiger partial charge in [0.1, 0.15) is 0 Å². The molecule has 0 bridgehead atoms. The van der Waals surface area contributed by atoms with E-state index < -0.39 is 0 Å². The molecule has 5 aliphatic rings. The molecule has 9 atom stereocenters. The van der Waals surface area contributed by atoms with E-state index in [1.807, 2.05) is 5.57 Å². The molecule has 0 aromatic rings. The lowest BCUT2D eigenvalue weighted by molar-refractivity contribution is -0.209. The SMILES string of the molecule is C=C(C)[C@@H]1CC[C@]2(C)CC[C@]3(C)[C@H](CC[C@@H]4[C@@]5(C)CCC(=C(C)C)[C@@H]5CC[C@]43C)[C@@H]12. The first kappa shape index (κ1) is 21.3. The van der Waals surface area contributed by atoms with E-state index in [1.54, 1.807) is 5.57 Å². The molecule has 0 heterocycles. The Labute approximate surface area is 187 Å². The molecule has 0 radical (unpaired) electrons. The van der Waals surface area contributed by atoms with Crippen LogP contribution in [0, 0.1) is 51.2 Å². The highest BCUT2D eigenvalue weighted by Gasteiger charge is 2.69. The van der Waals surface area contributed by atoms with Crippen LogP contribution in [-0.2, 0) is 0 Å². The van der Waals surface area contributed by atoms with Crippen molar-refractivity contribution in [2.45, 2.75) is 113 Å². The minimum Gasteiger partial charge on any atom is -0.0998 e. The first-order valence-electron chi connectivity index (χ1n) is 13.3. The molecule has 168 valence electrons. The van der Waals surface area contributed by atoms with E-state index in [0.717, 1.165) is 29.6 Å². The van der Waals surface area contributed by atoms with Crippen molar-refractivity contribution in [2.75, 3.05) is 0 Å². The zero-order valence-corrected chi connectivity index (χ0v) is 21.2. The van der Waals surface area contributed by atoms with E-state index in [0.29, 0.717) is 21.7 Å². The Kier molecular flexibility index (Phi) is 4.63. The van der Waals surface area contributed by atoms with Gasteiger partial charge in [0.05, 0.1) is 0 Å². The molecular weight excluding hydrogens is 360 g/mol. The fourth-order valence-electron chi connectivity index (χ4n) is 11.0. The standard InChI is InChI=1S/C30H48/c1-19(2)21-12-15-28(6)23(21)13-16-30(8)25(28)10-9-24-26-22(20(3)4)11-14-27(26,5)17-18-29(24,30)7/h22-26H,3,9-18H2,1-2,4-8H3/t22-,23-,24+,25+,26+,27+,28-,29+,30+/m0/s1. The zero-order valence-electron chi connectivity index (χ0n) is 21.2. The molecular formula is C30H48. The predicted molar refractivity (Wildman–Crippen MR) is 129 cm³/mol. The van der Waals surface area contributed by atoms with Crippen LogP contribution in [0.15, 0.2) is 23.3 Å². The van der Waals surface area contributed by atoms with Gasteiger partial charge in [-0.2, -0.15) is 0 Å². The largest absolute Gasteiger partial charge is 0.0998 e. The number of allylic oxidation sites excluding steroid dienone is 3. The average Bonchev–Trinajstić information content (AvgIpc) is 3.20. The van der Waals surface area contributed by atoms with Crippen molar-refractivity contribution in [3.63, 3.8) is 0 Å². The molecule has 0 saturated heterocycles. The Bertz CT molecular complexity index is 782. The second kappa shape index (κ2) is 6.51. The monoisotopic (exact) mass is 408 g/mol. The van der Waals surface area contributed by atoms with E-state index >= 15 is 0 Å². The van der Waals surface area contributed by atoms with E-state index in [1.165, 1.54) is 69.8 Å². The summed E-state index contributed by atoms with van der Waals surface area (Å²) in [6.07, 6.45) is 14.6. The highest BCUT2D eigenvalue weighted by atomic mass is 14.7. The Hall–Kier alpha value is -0.520. The maximum absolute atomic E-state index is 4.49. The van der Waals surface area contributed by atoms with Gasteiger partial charge in [-0.05, 0) is 136 Å². The molecule has 0 aromatic carbocycles. The van der Waals surface area contributed by atoms with Gasteiger partial charge in [-0.25, -0.2) is 0 Å². The van der Waals surface area contributed by atoms with Crippen molar-refractivity contribution in [2.24, 2.45) is 51.2 Å². The van der Waals surface area contributed by atoms with Crippen LogP contribution in [-0.4, -0.2) is 0 Å². The molecule has 0 unspecified atom stereocenters. The molecule has 5 fully saturated rings. The topological polar surface area (TPSA) is 0 Å². The zero-order chi connectivity index (χ0) is 21.7. The fraction of sp³-hybridized carbons (Fsp3) is 0.867. The number of hydrogen-bond acceptors (Lipinski definition) is 0. The first-order chi connectivity index (χ1) is 14.0. The third kappa shape index (κ3) is 2.46. The van der Waals surface area contributed by atoms with Crippen molar-refractivity contribution < 1.29 is 0 Å². The third-order valence-electron chi connectivity index (χ3n) is 12.7. The smallest absolute Gasteiger partial charge is 0.0144 e. The van der Waals surface area contributed by atoms with Crippen molar-refractivity contribution in [1.82, 2.24) is 0 Å². The Morgan fingerprint density at radius 1 is 0.800 bits per heavy atom. The maximum Gasteiger partial charge on any atom is -0.0144 e. The van der Waals surface area contributed by atoms with Crippen LogP contribution in [0.3, 0.4) is 0 Å². The van der Waals surface area contributed by atoms with Gasteiger partial charge in [0, 0.05) is 0 Å². The lowest BCUT2D eigenvalue weighted by atomic mass is 9.35. The van der Waals surface area contributed by atoms with Gasteiger partial charge >= 0.3 is 0 Å². The molecule has 0 aliphatic heterocycles. The van der Waals surface area contributed by atoms with Gasteiger partial charge in [0.2, 0.25) is 0 Å². The van der Waals surface area contributed by atoms with Crippen LogP contribution in [0.1, 0.15) is 113 Å². The lowest BCUT2D eigenvalue weighted by Crippen LogP contribution is -2.63. The number of hydrogen-bond donors (Lipinski definition) is 0. The van der Waals surface area contributed by atoms with Crippen LogP contribution >= 0.6 is 0 Å². The van der Waals surface area contributed by atoms with Gasteiger partial charge in [-0.3, -0.25) is 0 Å². The third-order valence-corrected chi connectivity index (χ3v) is 12.7. The molecule has 0 heteroatoms. The number of fused-ring (bicyclic) bond motifs is 7. The van der Waals surface area contributed by atoms with Crippen LogP contribution in [0.2, 0.25) is 0 Å². The summed E-state index contributed by atoms with van der Waals surface area (Å²) in [6, 6.07) is 0. The molecule has 0 N–H and O–H groups in total. The summed E-state index contributed by atoms with van der Waals surface area (Å²) < 4.78 is 0. The quantitative estimate of drug-likeness (QED) is 0.380. The minimum atomic E-state index is 0.528. The molecule has 5 saturated carbocycles. The van der Waals surface area contributed by atoms with Crippen LogP contribution < -0.4 is 0 Å². The second-order valence-electron chi connectivity index (χ2n) is 13.9. The predicted octanol–water partition coefficient (Wildman–Crippen LogP) is 8.97. The highest BCUT2D eigenvalue weighted by Crippen LogP contribution is 2.77. The van der Waals surface area contributed by atoms with E-state index in [-0.39, 0.29) is 0 Å². The van der Waals surface area contributed by atoms with E-state index in [4.69, 9.17) is 0 Å².